The average Bonchev–Trinajstić information content (AvgIpc) is 3.30. The first-order valence-electron chi connectivity index (χ1n) is 14.3. The molecular formula is C24H29N9O12P2. The monoisotopic (exact) mass is 697 g/mol. The minimum Gasteiger partial charge on any atom is -0.388 e. The first-order valence-corrected chi connectivity index (χ1v) is 17.3. The van der Waals surface area contributed by atoms with E-state index in [0.717, 1.165) is 0 Å². The number of nitrogens with two attached hydrogens (primary N) is 2. The molecule has 21 nitrogen and oxygen atoms in total. The minimum atomic E-state index is -4.97. The average molecular weight is 697 g/mol. The molecule has 0 amide bonds. The molecule has 2 saturated heterocycles. The summed E-state index contributed by atoms with van der Waals surface area (Å²) < 4.78 is 63.7. The lowest BCUT2D eigenvalue weighted by molar-refractivity contribution is -0.0678. The number of ether oxygens (including phenoxy) is 2. The Labute approximate surface area is 263 Å². The summed E-state index contributed by atoms with van der Waals surface area (Å²) in [5.74, 6) is -0.460. The van der Waals surface area contributed by atoms with Crippen LogP contribution in [0.25, 0.3) is 22.2 Å². The highest BCUT2D eigenvalue weighted by molar-refractivity contribution is 7.47. The molecule has 3 unspecified atom stereocenters. The van der Waals surface area contributed by atoms with Crippen LogP contribution in [0.1, 0.15) is 18.7 Å². The number of aromatic nitrogens is 7. The van der Waals surface area contributed by atoms with Gasteiger partial charge in [0.2, 0.25) is 5.95 Å². The fourth-order valence-corrected chi connectivity index (χ4v) is 9.24. The van der Waals surface area contributed by atoms with Crippen LogP contribution in [-0.2, 0) is 36.7 Å². The number of nitrogen functional groups attached to an aromatic ring is 2. The van der Waals surface area contributed by atoms with Crippen molar-refractivity contribution in [3.8, 4) is 0 Å². The van der Waals surface area contributed by atoms with Gasteiger partial charge < -0.3 is 40.4 Å². The second kappa shape index (κ2) is 10.6. The normalized spacial score (nSPS) is 40.4. The Hall–Kier alpha value is -3.33. The zero-order valence-corrected chi connectivity index (χ0v) is 26.1. The van der Waals surface area contributed by atoms with Crippen LogP contribution in [0.15, 0.2) is 29.7 Å². The van der Waals surface area contributed by atoms with Crippen molar-refractivity contribution in [2.24, 2.45) is 11.3 Å². The molecule has 11 atom stereocenters. The maximum absolute atomic E-state index is 13.6. The van der Waals surface area contributed by atoms with E-state index in [1.807, 2.05) is 0 Å². The Bertz CT molecular complexity index is 2060. The Morgan fingerprint density at radius 3 is 2.68 bits per heavy atom. The Kier molecular flexibility index (Phi) is 6.97. The predicted molar refractivity (Wildman–Crippen MR) is 156 cm³/mol. The third kappa shape index (κ3) is 4.85. The van der Waals surface area contributed by atoms with Crippen molar-refractivity contribution in [2.45, 2.75) is 49.2 Å². The highest BCUT2D eigenvalue weighted by Crippen LogP contribution is 2.72. The Balaban J connectivity index is 1.15. The number of hydrogen-bond donors (Lipinski definition) is 6. The molecule has 4 aliphatic rings. The lowest BCUT2D eigenvalue weighted by atomic mass is 10.0. The standard InChI is InChI=1S/C24H29N9O12P2/c1-40-15-11-5-41-46(36,37)45-17-14(34)13(32-3-2-9-18(25)27-7-28-19(9)32)10-4-24(10,17)6-42-47(38,39)44-16(15)22(43-11)33-8-29-12-20(33)30-23(26)31-21(12)35/h2-3,7-8,10-11,13-17,22,34H,4-6H2,1H3,(H,36,37)(H,38,39)(H2,25,27,28)(H3,26,30,31,35)/t10-,11-,13-,14+,15-,16-,17+,22-,24?/m1/s1. The number of phosphoric ester groups is 2. The van der Waals surface area contributed by atoms with Crippen LogP contribution < -0.4 is 17.0 Å². The van der Waals surface area contributed by atoms with Crippen LogP contribution in [0.2, 0.25) is 0 Å². The highest BCUT2D eigenvalue weighted by atomic mass is 31.2. The zero-order chi connectivity index (χ0) is 33.0. The first-order chi connectivity index (χ1) is 22.3. The second-order valence-corrected chi connectivity index (χ2v) is 14.7. The molecule has 4 aromatic heterocycles. The smallest absolute Gasteiger partial charge is 0.388 e. The summed E-state index contributed by atoms with van der Waals surface area (Å²) in [6.07, 6.45) is -3.51. The molecule has 2 bridgehead atoms. The van der Waals surface area contributed by atoms with E-state index in [1.165, 1.54) is 24.3 Å². The minimum absolute atomic E-state index is 0.0367. The van der Waals surface area contributed by atoms with Gasteiger partial charge >= 0.3 is 15.6 Å². The molecule has 8 rings (SSSR count). The van der Waals surface area contributed by atoms with Crippen molar-refractivity contribution in [1.29, 1.82) is 0 Å². The molecule has 4 aromatic rings. The van der Waals surface area contributed by atoms with E-state index >= 15 is 0 Å². The number of imidazole rings is 1. The summed E-state index contributed by atoms with van der Waals surface area (Å²) in [6, 6.07) is 0.928. The van der Waals surface area contributed by atoms with Gasteiger partial charge in [-0.15, -0.1) is 0 Å². The van der Waals surface area contributed by atoms with Gasteiger partial charge in [-0.2, -0.15) is 4.98 Å². The van der Waals surface area contributed by atoms with Crippen molar-refractivity contribution in [1.82, 2.24) is 34.1 Å². The number of phosphoric acid groups is 2. The number of hydrogen-bond acceptors (Lipinski definition) is 16. The molecule has 252 valence electrons. The van der Waals surface area contributed by atoms with Gasteiger partial charge in [0.25, 0.3) is 5.56 Å². The van der Waals surface area contributed by atoms with Gasteiger partial charge in [-0.25, -0.2) is 24.1 Å². The Morgan fingerprint density at radius 1 is 1.11 bits per heavy atom. The third-order valence-corrected chi connectivity index (χ3v) is 11.3. The van der Waals surface area contributed by atoms with Gasteiger partial charge in [0.15, 0.2) is 17.4 Å². The number of aliphatic hydroxyl groups excluding tert-OH is 1. The van der Waals surface area contributed by atoms with Crippen molar-refractivity contribution < 1.29 is 51.6 Å². The van der Waals surface area contributed by atoms with E-state index in [0.29, 0.717) is 11.0 Å². The SMILES string of the molecule is CO[C@H]1[C@H]2OP(=O)(O)OCC34C[C@@H]3[C@@H](n3ccc5c(N)ncnc53)[C@H](O)[C@@H]4OP(=O)(O)OC[C@H]1O[C@H]2n1cnc2c(=O)[nH]c(N)nc21. The number of fused-ring (bicyclic) bond motifs is 4. The molecule has 1 spiro atoms. The summed E-state index contributed by atoms with van der Waals surface area (Å²) in [4.78, 5) is 53.1. The highest BCUT2D eigenvalue weighted by Gasteiger charge is 2.74. The van der Waals surface area contributed by atoms with Crippen molar-refractivity contribution >= 4 is 49.6 Å². The van der Waals surface area contributed by atoms with Crippen molar-refractivity contribution in [3.05, 3.63) is 35.3 Å². The van der Waals surface area contributed by atoms with Crippen LogP contribution in [0.3, 0.4) is 0 Å². The van der Waals surface area contributed by atoms with Crippen molar-refractivity contribution in [2.75, 3.05) is 31.8 Å². The lowest BCUT2D eigenvalue weighted by Gasteiger charge is -2.30. The van der Waals surface area contributed by atoms with Crippen LogP contribution in [-0.4, -0.2) is 99.8 Å². The third-order valence-electron chi connectivity index (χ3n) is 9.36. The zero-order valence-electron chi connectivity index (χ0n) is 24.3. The molecule has 2 aliphatic heterocycles. The van der Waals surface area contributed by atoms with Gasteiger partial charge in [0.05, 0.1) is 31.0 Å². The van der Waals surface area contributed by atoms with Gasteiger partial charge in [-0.3, -0.25) is 32.4 Å². The van der Waals surface area contributed by atoms with Crippen LogP contribution in [0, 0.1) is 11.3 Å². The molecule has 2 saturated carbocycles. The summed E-state index contributed by atoms with van der Waals surface area (Å²) in [5, 5.41) is 12.1. The molecule has 4 fully saturated rings. The number of rotatable bonds is 3. The number of aromatic amines is 1. The molecule has 23 heteroatoms. The number of anilines is 2. The van der Waals surface area contributed by atoms with Crippen molar-refractivity contribution in [3.63, 3.8) is 0 Å². The van der Waals surface area contributed by atoms with Crippen LogP contribution in [0.4, 0.5) is 11.8 Å². The van der Waals surface area contributed by atoms with Crippen LogP contribution >= 0.6 is 15.6 Å². The molecule has 8 N–H and O–H groups in total. The number of methoxy groups -OCH3 is 1. The fourth-order valence-electron chi connectivity index (χ4n) is 7.22. The van der Waals surface area contributed by atoms with E-state index in [9.17, 15) is 28.8 Å². The van der Waals surface area contributed by atoms with E-state index in [2.05, 4.69) is 24.9 Å². The molecule has 0 radical (unpaired) electrons. The fraction of sp³-hybridized carbons (Fsp3) is 0.542. The van der Waals surface area contributed by atoms with Gasteiger partial charge in [0, 0.05) is 18.7 Å². The van der Waals surface area contributed by atoms with Crippen LogP contribution in [0.5, 0.6) is 0 Å². The summed E-state index contributed by atoms with van der Waals surface area (Å²) in [7, 11) is -8.65. The maximum Gasteiger partial charge on any atom is 0.472 e. The largest absolute Gasteiger partial charge is 0.472 e. The molecule has 6 heterocycles. The van der Waals surface area contributed by atoms with Gasteiger partial charge in [-0.05, 0) is 18.4 Å². The summed E-state index contributed by atoms with van der Waals surface area (Å²) in [6.45, 7) is -1.14. The topological polar surface area (TPSA) is 297 Å². The van der Waals surface area contributed by atoms with E-state index < -0.39 is 88.5 Å². The number of nitrogens with one attached hydrogen (secondary N) is 1. The van der Waals surface area contributed by atoms with Gasteiger partial charge in [0.1, 0.15) is 48.3 Å². The van der Waals surface area contributed by atoms with Gasteiger partial charge in [-0.1, -0.05) is 0 Å². The maximum atomic E-state index is 13.6. The lowest BCUT2D eigenvalue weighted by Crippen LogP contribution is -2.38. The summed E-state index contributed by atoms with van der Waals surface area (Å²) in [5.41, 5.74) is 10.2. The quantitative estimate of drug-likeness (QED) is 0.148. The summed E-state index contributed by atoms with van der Waals surface area (Å²) >= 11 is 0. The van der Waals surface area contributed by atoms with E-state index in [-0.39, 0.29) is 29.4 Å². The molecule has 2 aliphatic carbocycles. The predicted octanol–water partition coefficient (Wildman–Crippen LogP) is -0.419. The van der Waals surface area contributed by atoms with E-state index in [4.69, 9.17) is 39.0 Å². The molecular weight excluding hydrogens is 668 g/mol. The molecule has 47 heavy (non-hydrogen) atoms. The molecule has 0 aromatic carbocycles. The Morgan fingerprint density at radius 2 is 1.89 bits per heavy atom. The number of H-pyrrole nitrogens is 1. The number of nitrogens with zero attached hydrogens (tertiary/aromatic N) is 6. The van der Waals surface area contributed by atoms with E-state index in [1.54, 1.807) is 16.8 Å². The first kappa shape index (κ1) is 31.0. The second-order valence-electron chi connectivity index (χ2n) is 11.9. The number of aliphatic hydroxyl groups is 1.